The first-order valence-corrected chi connectivity index (χ1v) is 7.83. The van der Waals surface area contributed by atoms with Gasteiger partial charge in [0.2, 0.25) is 0 Å². The summed E-state index contributed by atoms with van der Waals surface area (Å²) in [4.78, 5) is 12.8. The molecule has 3 nitrogen and oxygen atoms in total. The van der Waals surface area contributed by atoms with E-state index in [-0.39, 0.29) is 11.7 Å². The van der Waals surface area contributed by atoms with Crippen LogP contribution in [0.1, 0.15) is 49.9 Å². The van der Waals surface area contributed by atoms with Crippen LogP contribution in [0.15, 0.2) is 16.6 Å². The van der Waals surface area contributed by atoms with Crippen molar-refractivity contribution in [2.45, 2.75) is 39.5 Å². The zero-order valence-electron chi connectivity index (χ0n) is 12.7. The number of methoxy groups -OCH3 is 2. The monoisotopic (exact) mass is 342 g/mol. The van der Waals surface area contributed by atoms with Gasteiger partial charge in [0.25, 0.3) is 0 Å². The Kier molecular flexibility index (Phi) is 7.06. The van der Waals surface area contributed by atoms with Crippen LogP contribution in [-0.4, -0.2) is 20.0 Å². The molecule has 112 valence electrons. The summed E-state index contributed by atoms with van der Waals surface area (Å²) in [6.07, 6.45) is 3.83. The zero-order valence-corrected chi connectivity index (χ0v) is 14.2. The summed E-state index contributed by atoms with van der Waals surface area (Å²) >= 11 is 3.47. The van der Waals surface area contributed by atoms with Gasteiger partial charge < -0.3 is 9.47 Å². The van der Waals surface area contributed by atoms with Crippen molar-refractivity contribution in [3.8, 4) is 11.5 Å². The van der Waals surface area contributed by atoms with E-state index in [0.29, 0.717) is 17.1 Å². The molecule has 0 heterocycles. The summed E-state index contributed by atoms with van der Waals surface area (Å²) in [6.45, 7) is 4.21. The molecule has 0 saturated heterocycles. The van der Waals surface area contributed by atoms with E-state index in [1.54, 1.807) is 20.3 Å². The third-order valence-electron chi connectivity index (χ3n) is 3.37. The van der Waals surface area contributed by atoms with Crippen LogP contribution in [0.25, 0.3) is 0 Å². The summed E-state index contributed by atoms with van der Waals surface area (Å²) in [6, 6.07) is 3.57. The molecular weight excluding hydrogens is 320 g/mol. The highest BCUT2D eigenvalue weighted by atomic mass is 79.9. The average molecular weight is 343 g/mol. The van der Waals surface area contributed by atoms with Crippen molar-refractivity contribution < 1.29 is 14.3 Å². The molecule has 0 atom stereocenters. The number of rotatable bonds is 8. The maximum Gasteiger partial charge on any atom is 0.170 e. The molecule has 0 N–H and O–H groups in total. The average Bonchev–Trinajstić information content (AvgIpc) is 2.45. The molecule has 1 aromatic rings. The number of ketones is 1. The van der Waals surface area contributed by atoms with Crippen LogP contribution in [0.2, 0.25) is 0 Å². The van der Waals surface area contributed by atoms with Crippen molar-refractivity contribution in [3.05, 3.63) is 22.2 Å². The number of benzene rings is 1. The van der Waals surface area contributed by atoms with Crippen molar-refractivity contribution in [2.24, 2.45) is 5.92 Å². The predicted molar refractivity (Wildman–Crippen MR) is 84.9 cm³/mol. The standard InChI is InChI=1S/C16H23BrO3/c1-5-7-11(8-6-2)16(18)15-13(17)9-12(19-3)10-14(15)20-4/h9-11H,5-8H2,1-4H3. The Morgan fingerprint density at radius 2 is 1.75 bits per heavy atom. The molecule has 1 aromatic carbocycles. The molecule has 4 heteroatoms. The topological polar surface area (TPSA) is 35.5 Å². The molecular formula is C16H23BrO3. The van der Waals surface area contributed by atoms with Crippen molar-refractivity contribution in [3.63, 3.8) is 0 Å². The Hall–Kier alpha value is -1.03. The van der Waals surface area contributed by atoms with E-state index in [4.69, 9.17) is 9.47 Å². The molecule has 0 aliphatic carbocycles. The van der Waals surface area contributed by atoms with Crippen molar-refractivity contribution in [2.75, 3.05) is 14.2 Å². The Labute approximate surface area is 129 Å². The van der Waals surface area contributed by atoms with Gasteiger partial charge in [0.05, 0.1) is 19.8 Å². The van der Waals surface area contributed by atoms with Crippen molar-refractivity contribution in [1.29, 1.82) is 0 Å². The van der Waals surface area contributed by atoms with Crippen LogP contribution in [0.3, 0.4) is 0 Å². The Bertz CT molecular complexity index is 451. The Morgan fingerprint density at radius 3 is 2.20 bits per heavy atom. The van der Waals surface area contributed by atoms with Gasteiger partial charge in [-0.1, -0.05) is 26.7 Å². The van der Waals surface area contributed by atoms with Crippen LogP contribution >= 0.6 is 15.9 Å². The first-order chi connectivity index (χ1) is 9.58. The molecule has 0 unspecified atom stereocenters. The van der Waals surface area contributed by atoms with Gasteiger partial charge >= 0.3 is 0 Å². The maximum atomic E-state index is 12.8. The van der Waals surface area contributed by atoms with Gasteiger partial charge in [-0.25, -0.2) is 0 Å². The lowest BCUT2D eigenvalue weighted by Gasteiger charge is -2.18. The highest BCUT2D eigenvalue weighted by Gasteiger charge is 2.24. The van der Waals surface area contributed by atoms with Crippen LogP contribution < -0.4 is 9.47 Å². The summed E-state index contributed by atoms with van der Waals surface area (Å²) in [7, 11) is 3.17. The van der Waals surface area contributed by atoms with E-state index in [9.17, 15) is 4.79 Å². The largest absolute Gasteiger partial charge is 0.497 e. The molecule has 0 aliphatic heterocycles. The zero-order chi connectivity index (χ0) is 15.1. The summed E-state index contributed by atoms with van der Waals surface area (Å²) < 4.78 is 11.3. The molecule has 0 radical (unpaired) electrons. The van der Waals surface area contributed by atoms with E-state index in [1.165, 1.54) is 0 Å². The van der Waals surface area contributed by atoms with Crippen LogP contribution in [0.5, 0.6) is 11.5 Å². The minimum absolute atomic E-state index is 0.0589. The van der Waals surface area contributed by atoms with E-state index >= 15 is 0 Å². The smallest absolute Gasteiger partial charge is 0.170 e. The minimum atomic E-state index is 0.0589. The Balaban J connectivity index is 3.19. The molecule has 20 heavy (non-hydrogen) atoms. The second kappa shape index (κ2) is 8.30. The van der Waals surface area contributed by atoms with Crippen molar-refractivity contribution in [1.82, 2.24) is 0 Å². The number of carbonyl (C=O) groups excluding carboxylic acids is 1. The number of hydrogen-bond donors (Lipinski definition) is 0. The fourth-order valence-corrected chi connectivity index (χ4v) is 3.00. The molecule has 0 fully saturated rings. The van der Waals surface area contributed by atoms with Gasteiger partial charge in [0.15, 0.2) is 5.78 Å². The van der Waals surface area contributed by atoms with E-state index in [1.807, 2.05) is 6.07 Å². The molecule has 0 amide bonds. The van der Waals surface area contributed by atoms with Crippen molar-refractivity contribution >= 4 is 21.7 Å². The van der Waals surface area contributed by atoms with Gasteiger partial charge in [-0.2, -0.15) is 0 Å². The number of Topliss-reactive ketones (excluding diaryl/α,β-unsaturated/α-hetero) is 1. The first-order valence-electron chi connectivity index (χ1n) is 7.04. The summed E-state index contributed by atoms with van der Waals surface area (Å²) in [5.74, 6) is 1.45. The lowest BCUT2D eigenvalue weighted by molar-refractivity contribution is 0.0901. The second-order valence-corrected chi connectivity index (χ2v) is 5.68. The number of halogens is 1. The van der Waals surface area contributed by atoms with E-state index in [0.717, 1.165) is 30.2 Å². The quantitative estimate of drug-likeness (QED) is 0.632. The normalized spacial score (nSPS) is 10.7. The molecule has 0 bridgehead atoms. The molecule has 1 rings (SSSR count). The highest BCUT2D eigenvalue weighted by molar-refractivity contribution is 9.10. The Morgan fingerprint density at radius 1 is 1.15 bits per heavy atom. The molecule has 0 aromatic heterocycles. The number of ether oxygens (including phenoxy) is 2. The van der Waals surface area contributed by atoms with E-state index < -0.39 is 0 Å². The summed E-state index contributed by atoms with van der Waals surface area (Å²) in [5, 5.41) is 0. The fraction of sp³-hybridized carbons (Fsp3) is 0.562. The van der Waals surface area contributed by atoms with Gasteiger partial charge in [0, 0.05) is 16.5 Å². The van der Waals surface area contributed by atoms with Crippen LogP contribution in [0.4, 0.5) is 0 Å². The van der Waals surface area contributed by atoms with E-state index in [2.05, 4.69) is 29.8 Å². The lowest BCUT2D eigenvalue weighted by Crippen LogP contribution is -2.16. The SMILES string of the molecule is CCCC(CCC)C(=O)c1c(Br)cc(OC)cc1OC. The van der Waals surface area contributed by atoms with Gasteiger partial charge in [0.1, 0.15) is 11.5 Å². The number of carbonyl (C=O) groups is 1. The first kappa shape index (κ1) is 17.0. The fourth-order valence-electron chi connectivity index (χ4n) is 2.38. The third kappa shape index (κ3) is 3.98. The minimum Gasteiger partial charge on any atom is -0.497 e. The molecule has 0 spiro atoms. The molecule has 0 saturated carbocycles. The second-order valence-electron chi connectivity index (χ2n) is 4.83. The third-order valence-corrected chi connectivity index (χ3v) is 4.00. The van der Waals surface area contributed by atoms with Crippen LogP contribution in [-0.2, 0) is 0 Å². The lowest BCUT2D eigenvalue weighted by atomic mass is 9.89. The maximum absolute atomic E-state index is 12.8. The number of hydrogen-bond acceptors (Lipinski definition) is 3. The van der Waals surface area contributed by atoms with Gasteiger partial charge in [-0.15, -0.1) is 0 Å². The molecule has 0 aliphatic rings. The summed E-state index contributed by atoms with van der Waals surface area (Å²) in [5.41, 5.74) is 0.625. The van der Waals surface area contributed by atoms with Gasteiger partial charge in [-0.3, -0.25) is 4.79 Å². The highest BCUT2D eigenvalue weighted by Crippen LogP contribution is 2.35. The van der Waals surface area contributed by atoms with Crippen LogP contribution in [0, 0.1) is 5.92 Å². The predicted octanol–water partition coefficient (Wildman–Crippen LogP) is 4.87. The van der Waals surface area contributed by atoms with Gasteiger partial charge in [-0.05, 0) is 34.8 Å².